The molecule has 0 nitrogen and oxygen atoms in total. The van der Waals surface area contributed by atoms with Gasteiger partial charge in [-0.25, -0.2) is 0 Å². The molecule has 1 aliphatic rings. The van der Waals surface area contributed by atoms with Gasteiger partial charge in [-0.3, -0.25) is 0 Å². The van der Waals surface area contributed by atoms with E-state index in [1.54, 1.807) is 5.57 Å². The predicted molar refractivity (Wildman–Crippen MR) is 58.3 cm³/mol. The molecule has 0 aromatic heterocycles. The van der Waals surface area contributed by atoms with Gasteiger partial charge in [-0.2, -0.15) is 0 Å². The third-order valence-corrected chi connectivity index (χ3v) is 2.77. The van der Waals surface area contributed by atoms with Crippen LogP contribution in [0.15, 0.2) is 35.3 Å². The standard InChI is InChI=1S/C11H16S/c1-2-11-8-6-4-3-5-7-9-12-10-11/h4-7,10H,2-3,8-9H2,1H3/b6-4-,7-5-,11-10-. The lowest BCUT2D eigenvalue weighted by atomic mass is 10.1. The highest BCUT2D eigenvalue weighted by molar-refractivity contribution is 8.02. The molecule has 0 amide bonds. The van der Waals surface area contributed by atoms with Crippen LogP contribution in [0.5, 0.6) is 0 Å². The van der Waals surface area contributed by atoms with Crippen molar-refractivity contribution in [3.05, 3.63) is 35.3 Å². The zero-order valence-corrected chi connectivity index (χ0v) is 8.44. The Bertz CT molecular complexity index is 199. The Morgan fingerprint density at radius 2 is 2.08 bits per heavy atom. The molecule has 0 N–H and O–H groups in total. The molecule has 0 aromatic rings. The summed E-state index contributed by atoms with van der Waals surface area (Å²) in [4.78, 5) is 0. The van der Waals surface area contributed by atoms with E-state index in [0.717, 1.165) is 18.6 Å². The van der Waals surface area contributed by atoms with Crippen molar-refractivity contribution in [1.82, 2.24) is 0 Å². The largest absolute Gasteiger partial charge is 0.130 e. The van der Waals surface area contributed by atoms with Crippen molar-refractivity contribution >= 4 is 11.8 Å². The molecule has 0 bridgehead atoms. The van der Waals surface area contributed by atoms with E-state index in [9.17, 15) is 0 Å². The molecule has 12 heavy (non-hydrogen) atoms. The summed E-state index contributed by atoms with van der Waals surface area (Å²) >= 11 is 1.90. The third kappa shape index (κ3) is 3.82. The molecular formula is C11H16S. The first-order chi connectivity index (χ1) is 5.93. The van der Waals surface area contributed by atoms with E-state index in [1.165, 1.54) is 6.42 Å². The van der Waals surface area contributed by atoms with Crippen molar-refractivity contribution in [3.63, 3.8) is 0 Å². The number of hydrogen-bond acceptors (Lipinski definition) is 1. The van der Waals surface area contributed by atoms with Gasteiger partial charge in [0, 0.05) is 5.75 Å². The molecule has 0 atom stereocenters. The Balaban J connectivity index is 2.52. The molecule has 0 fully saturated rings. The van der Waals surface area contributed by atoms with Crippen molar-refractivity contribution in [1.29, 1.82) is 0 Å². The molecule has 1 heteroatoms. The summed E-state index contributed by atoms with van der Waals surface area (Å²) < 4.78 is 0. The van der Waals surface area contributed by atoms with E-state index < -0.39 is 0 Å². The van der Waals surface area contributed by atoms with Crippen LogP contribution in [-0.4, -0.2) is 5.75 Å². The van der Waals surface area contributed by atoms with Gasteiger partial charge in [-0.1, -0.05) is 36.8 Å². The molecule has 0 radical (unpaired) electrons. The Morgan fingerprint density at radius 1 is 1.25 bits per heavy atom. The first-order valence-corrected chi connectivity index (χ1v) is 5.58. The fourth-order valence-corrected chi connectivity index (χ4v) is 1.91. The highest BCUT2D eigenvalue weighted by Gasteiger charge is 1.91. The van der Waals surface area contributed by atoms with Crippen LogP contribution in [0.25, 0.3) is 0 Å². The summed E-state index contributed by atoms with van der Waals surface area (Å²) in [7, 11) is 0. The molecular weight excluding hydrogens is 164 g/mol. The number of hydrogen-bond donors (Lipinski definition) is 0. The normalized spacial score (nSPS) is 28.6. The summed E-state index contributed by atoms with van der Waals surface area (Å²) in [6.07, 6.45) is 12.4. The van der Waals surface area contributed by atoms with Crippen molar-refractivity contribution in [2.24, 2.45) is 0 Å². The van der Waals surface area contributed by atoms with Gasteiger partial charge < -0.3 is 0 Å². The van der Waals surface area contributed by atoms with Gasteiger partial charge in [-0.05, 0) is 24.7 Å². The maximum Gasteiger partial charge on any atom is 0.0155 e. The quantitative estimate of drug-likeness (QED) is 0.551. The van der Waals surface area contributed by atoms with Crippen molar-refractivity contribution in [2.45, 2.75) is 26.2 Å². The van der Waals surface area contributed by atoms with Gasteiger partial charge in [0.25, 0.3) is 0 Å². The van der Waals surface area contributed by atoms with Gasteiger partial charge in [0.2, 0.25) is 0 Å². The Morgan fingerprint density at radius 3 is 2.92 bits per heavy atom. The summed E-state index contributed by atoms with van der Waals surface area (Å²) in [6.45, 7) is 2.22. The Labute approximate surface area is 79.4 Å². The smallest absolute Gasteiger partial charge is 0.0155 e. The molecule has 0 aliphatic carbocycles. The van der Waals surface area contributed by atoms with Crippen LogP contribution in [-0.2, 0) is 0 Å². The minimum atomic E-state index is 1.09. The third-order valence-electron chi connectivity index (χ3n) is 1.88. The summed E-state index contributed by atoms with van der Waals surface area (Å²) in [5.41, 5.74) is 1.55. The lowest BCUT2D eigenvalue weighted by Gasteiger charge is -2.00. The average Bonchev–Trinajstić information content (AvgIpc) is 2.14. The second-order valence-electron chi connectivity index (χ2n) is 2.85. The molecule has 66 valence electrons. The number of rotatable bonds is 1. The highest BCUT2D eigenvalue weighted by atomic mass is 32.2. The van der Waals surface area contributed by atoms with Gasteiger partial charge in [0.15, 0.2) is 0 Å². The summed E-state index contributed by atoms with van der Waals surface area (Å²) in [6, 6.07) is 0. The maximum absolute atomic E-state index is 2.31. The minimum Gasteiger partial charge on any atom is -0.130 e. The van der Waals surface area contributed by atoms with E-state index in [0.29, 0.717) is 0 Å². The Kier molecular flexibility index (Phi) is 4.93. The Hall–Kier alpha value is -0.430. The van der Waals surface area contributed by atoms with Crippen molar-refractivity contribution < 1.29 is 0 Å². The highest BCUT2D eigenvalue weighted by Crippen LogP contribution is 2.15. The van der Waals surface area contributed by atoms with E-state index in [-0.39, 0.29) is 0 Å². The van der Waals surface area contributed by atoms with Gasteiger partial charge in [-0.15, -0.1) is 11.8 Å². The molecule has 1 heterocycles. The average molecular weight is 180 g/mol. The fourth-order valence-electron chi connectivity index (χ4n) is 1.07. The fraction of sp³-hybridized carbons (Fsp3) is 0.455. The molecule has 0 unspecified atom stereocenters. The van der Waals surface area contributed by atoms with Crippen LogP contribution in [0.4, 0.5) is 0 Å². The van der Waals surface area contributed by atoms with Crippen LogP contribution in [0, 0.1) is 0 Å². The van der Waals surface area contributed by atoms with Crippen LogP contribution >= 0.6 is 11.8 Å². The van der Waals surface area contributed by atoms with E-state index in [1.807, 2.05) is 11.8 Å². The second-order valence-corrected chi connectivity index (χ2v) is 3.75. The minimum absolute atomic E-state index is 1.09. The van der Waals surface area contributed by atoms with E-state index >= 15 is 0 Å². The SMILES string of the molecule is CC/C1=C/SC/C=C\C/C=C\C1. The van der Waals surface area contributed by atoms with E-state index in [4.69, 9.17) is 0 Å². The lowest BCUT2D eigenvalue weighted by molar-refractivity contribution is 1.03. The van der Waals surface area contributed by atoms with Gasteiger partial charge in [0.1, 0.15) is 0 Å². The van der Waals surface area contributed by atoms with Crippen molar-refractivity contribution in [3.8, 4) is 0 Å². The lowest BCUT2D eigenvalue weighted by Crippen LogP contribution is -1.79. The molecule has 1 rings (SSSR count). The molecule has 0 saturated carbocycles. The topological polar surface area (TPSA) is 0 Å². The van der Waals surface area contributed by atoms with Crippen molar-refractivity contribution in [2.75, 3.05) is 5.75 Å². The van der Waals surface area contributed by atoms with Crippen LogP contribution in [0.1, 0.15) is 26.2 Å². The summed E-state index contributed by atoms with van der Waals surface area (Å²) in [5, 5.41) is 2.31. The van der Waals surface area contributed by atoms with E-state index in [2.05, 4.69) is 36.6 Å². The first kappa shape index (κ1) is 9.66. The predicted octanol–water partition coefficient (Wildman–Crippen LogP) is 3.92. The van der Waals surface area contributed by atoms with Gasteiger partial charge in [0.05, 0.1) is 0 Å². The monoisotopic (exact) mass is 180 g/mol. The van der Waals surface area contributed by atoms with Gasteiger partial charge >= 0.3 is 0 Å². The zero-order valence-electron chi connectivity index (χ0n) is 7.62. The zero-order chi connectivity index (χ0) is 8.65. The summed E-state index contributed by atoms with van der Waals surface area (Å²) in [5.74, 6) is 1.12. The molecule has 0 aromatic carbocycles. The first-order valence-electron chi connectivity index (χ1n) is 4.53. The number of allylic oxidation sites excluding steroid dienone is 4. The molecule has 0 saturated heterocycles. The van der Waals surface area contributed by atoms with Crippen LogP contribution in [0.2, 0.25) is 0 Å². The second kappa shape index (κ2) is 6.13. The maximum atomic E-state index is 2.31. The van der Waals surface area contributed by atoms with Crippen LogP contribution < -0.4 is 0 Å². The number of thioether (sulfide) groups is 1. The molecule has 0 spiro atoms. The molecule has 1 aliphatic heterocycles. The van der Waals surface area contributed by atoms with Crippen LogP contribution in [0.3, 0.4) is 0 Å².